The normalized spacial score (nSPS) is 16.3. The zero-order valence-electron chi connectivity index (χ0n) is 14.0. The summed E-state index contributed by atoms with van der Waals surface area (Å²) in [6.07, 6.45) is 4.33. The second-order valence-corrected chi connectivity index (χ2v) is 7.12. The molecule has 1 atom stereocenters. The molecule has 0 aliphatic carbocycles. The standard InChI is InChI=1S/C16H23N3O4S/c1-11(15(22)19-7-5-3-4-6-8-19)24-16-17-12(9-13(20)18-16)10-14(21)23-2/h9,11H,3-8,10H2,1-2H3,(H,17,18,20)/t11-/m1/s1. The van der Waals surface area contributed by atoms with E-state index in [0.29, 0.717) is 10.9 Å². The van der Waals surface area contributed by atoms with Crippen LogP contribution in [-0.4, -0.2) is 52.2 Å². The lowest BCUT2D eigenvalue weighted by molar-refractivity contribution is -0.139. The lowest BCUT2D eigenvalue weighted by Gasteiger charge is -2.23. The number of amides is 1. The van der Waals surface area contributed by atoms with Crippen molar-refractivity contribution in [2.45, 2.75) is 49.4 Å². The second kappa shape index (κ2) is 8.86. The minimum atomic E-state index is -0.460. The Morgan fingerprint density at radius 3 is 2.62 bits per heavy atom. The highest BCUT2D eigenvalue weighted by Crippen LogP contribution is 2.22. The molecule has 24 heavy (non-hydrogen) atoms. The van der Waals surface area contributed by atoms with E-state index >= 15 is 0 Å². The summed E-state index contributed by atoms with van der Waals surface area (Å²) in [7, 11) is 1.28. The van der Waals surface area contributed by atoms with Gasteiger partial charge in [0.05, 0.1) is 24.5 Å². The van der Waals surface area contributed by atoms with E-state index < -0.39 is 5.97 Å². The molecule has 2 rings (SSSR count). The van der Waals surface area contributed by atoms with Gasteiger partial charge in [-0.15, -0.1) is 0 Å². The van der Waals surface area contributed by atoms with Gasteiger partial charge in [-0.2, -0.15) is 0 Å². The summed E-state index contributed by atoms with van der Waals surface area (Å²) in [5.41, 5.74) is -0.0108. The molecule has 1 N–H and O–H groups in total. The molecule has 1 saturated heterocycles. The van der Waals surface area contributed by atoms with Crippen LogP contribution in [0.25, 0.3) is 0 Å². The molecule has 1 fully saturated rings. The highest BCUT2D eigenvalue weighted by Gasteiger charge is 2.23. The van der Waals surface area contributed by atoms with Crippen molar-refractivity contribution in [1.29, 1.82) is 0 Å². The van der Waals surface area contributed by atoms with E-state index in [2.05, 4.69) is 14.7 Å². The van der Waals surface area contributed by atoms with Gasteiger partial charge < -0.3 is 14.6 Å². The number of rotatable bonds is 5. The maximum absolute atomic E-state index is 12.6. The Hall–Kier alpha value is -1.83. The van der Waals surface area contributed by atoms with Crippen LogP contribution in [0.15, 0.2) is 16.0 Å². The third-order valence-corrected chi connectivity index (χ3v) is 4.85. The fourth-order valence-corrected chi connectivity index (χ4v) is 3.53. The molecule has 2 heterocycles. The van der Waals surface area contributed by atoms with Gasteiger partial charge >= 0.3 is 5.97 Å². The molecule has 0 radical (unpaired) electrons. The van der Waals surface area contributed by atoms with Crippen molar-refractivity contribution in [3.8, 4) is 0 Å². The molecule has 0 bridgehead atoms. The maximum Gasteiger partial charge on any atom is 0.311 e. The number of thioether (sulfide) groups is 1. The second-order valence-electron chi connectivity index (χ2n) is 5.79. The molecule has 0 unspecified atom stereocenters. The molecule has 1 aromatic rings. The van der Waals surface area contributed by atoms with Gasteiger partial charge in [0.2, 0.25) is 5.91 Å². The van der Waals surface area contributed by atoms with Gasteiger partial charge in [-0.1, -0.05) is 24.6 Å². The fourth-order valence-electron chi connectivity index (χ4n) is 2.62. The number of methoxy groups -OCH3 is 1. The Morgan fingerprint density at radius 2 is 2.00 bits per heavy atom. The number of nitrogens with zero attached hydrogens (tertiary/aromatic N) is 2. The van der Waals surface area contributed by atoms with Gasteiger partial charge in [0.25, 0.3) is 5.56 Å². The summed E-state index contributed by atoms with van der Waals surface area (Å²) in [6, 6.07) is 1.27. The molecule has 7 nitrogen and oxygen atoms in total. The van der Waals surface area contributed by atoms with Gasteiger partial charge in [0.1, 0.15) is 0 Å². The lowest BCUT2D eigenvalue weighted by Crippen LogP contribution is -2.37. The van der Waals surface area contributed by atoms with Crippen LogP contribution in [0.5, 0.6) is 0 Å². The van der Waals surface area contributed by atoms with E-state index in [4.69, 9.17) is 0 Å². The molecule has 1 aliphatic rings. The number of likely N-dealkylation sites (tertiary alicyclic amines) is 1. The van der Waals surface area contributed by atoms with Crippen molar-refractivity contribution in [3.05, 3.63) is 22.1 Å². The summed E-state index contributed by atoms with van der Waals surface area (Å²) >= 11 is 1.21. The van der Waals surface area contributed by atoms with E-state index in [-0.39, 0.29) is 23.1 Å². The Labute approximate surface area is 145 Å². The van der Waals surface area contributed by atoms with Crippen molar-refractivity contribution in [3.63, 3.8) is 0 Å². The number of hydrogen-bond donors (Lipinski definition) is 1. The van der Waals surface area contributed by atoms with Crippen LogP contribution in [0.2, 0.25) is 0 Å². The number of carbonyl (C=O) groups excluding carboxylic acids is 2. The van der Waals surface area contributed by atoms with Crippen LogP contribution in [0.1, 0.15) is 38.3 Å². The zero-order valence-corrected chi connectivity index (χ0v) is 14.9. The SMILES string of the molecule is COC(=O)Cc1cc(=O)[nH]c(S[C@H](C)C(=O)N2CCCCCC2)n1. The van der Waals surface area contributed by atoms with E-state index in [1.807, 2.05) is 11.8 Å². The predicted molar refractivity (Wildman–Crippen MR) is 90.9 cm³/mol. The van der Waals surface area contributed by atoms with Crippen LogP contribution >= 0.6 is 11.8 Å². The first kappa shape index (κ1) is 18.5. The Balaban J connectivity index is 2.04. The molecule has 8 heteroatoms. The van der Waals surface area contributed by atoms with Crippen LogP contribution in [0, 0.1) is 0 Å². The van der Waals surface area contributed by atoms with Gasteiger partial charge in [0, 0.05) is 19.2 Å². The molecule has 1 aliphatic heterocycles. The van der Waals surface area contributed by atoms with Gasteiger partial charge in [-0.3, -0.25) is 14.4 Å². The summed E-state index contributed by atoms with van der Waals surface area (Å²) in [5.74, 6) is -0.402. The van der Waals surface area contributed by atoms with Crippen molar-refractivity contribution in [1.82, 2.24) is 14.9 Å². The van der Waals surface area contributed by atoms with E-state index in [1.165, 1.54) is 24.9 Å². The summed E-state index contributed by atoms with van der Waals surface area (Å²) in [5, 5.41) is -0.00305. The largest absolute Gasteiger partial charge is 0.469 e. The van der Waals surface area contributed by atoms with Crippen LogP contribution in [0.4, 0.5) is 0 Å². The Kier molecular flexibility index (Phi) is 6.84. The predicted octanol–water partition coefficient (Wildman–Crippen LogP) is 1.37. The molecule has 132 valence electrons. The van der Waals surface area contributed by atoms with E-state index in [0.717, 1.165) is 38.8 Å². The molecule has 0 saturated carbocycles. The molecule has 1 amide bonds. The smallest absolute Gasteiger partial charge is 0.311 e. The Morgan fingerprint density at radius 1 is 1.33 bits per heavy atom. The summed E-state index contributed by atoms with van der Waals surface area (Å²) in [6.45, 7) is 3.39. The summed E-state index contributed by atoms with van der Waals surface area (Å²) < 4.78 is 4.59. The molecule has 0 aromatic carbocycles. The molecular weight excluding hydrogens is 330 g/mol. The van der Waals surface area contributed by atoms with Crippen molar-refractivity contribution < 1.29 is 14.3 Å². The van der Waals surface area contributed by atoms with E-state index in [9.17, 15) is 14.4 Å². The number of nitrogens with one attached hydrogen (secondary N) is 1. The summed E-state index contributed by atoms with van der Waals surface area (Å²) in [4.78, 5) is 44.4. The Bertz CT molecular complexity index is 638. The highest BCUT2D eigenvalue weighted by atomic mass is 32.2. The van der Waals surface area contributed by atoms with Gasteiger partial charge in [-0.25, -0.2) is 4.98 Å². The van der Waals surface area contributed by atoms with Gasteiger partial charge in [0.15, 0.2) is 5.16 Å². The molecule has 1 aromatic heterocycles. The van der Waals surface area contributed by atoms with Crippen molar-refractivity contribution >= 4 is 23.6 Å². The number of esters is 1. The average Bonchev–Trinajstić information content (AvgIpc) is 2.82. The van der Waals surface area contributed by atoms with Crippen LogP contribution in [-0.2, 0) is 20.7 Å². The highest BCUT2D eigenvalue weighted by molar-refractivity contribution is 8.00. The minimum Gasteiger partial charge on any atom is -0.469 e. The number of hydrogen-bond acceptors (Lipinski definition) is 6. The molecular formula is C16H23N3O4S. The monoisotopic (exact) mass is 353 g/mol. The van der Waals surface area contributed by atoms with Crippen LogP contribution < -0.4 is 5.56 Å². The number of aromatic amines is 1. The fraction of sp³-hybridized carbons (Fsp3) is 0.625. The average molecular weight is 353 g/mol. The van der Waals surface area contributed by atoms with Gasteiger partial charge in [-0.05, 0) is 19.8 Å². The first-order chi connectivity index (χ1) is 11.5. The topological polar surface area (TPSA) is 92.4 Å². The van der Waals surface area contributed by atoms with Crippen LogP contribution in [0.3, 0.4) is 0 Å². The number of ether oxygens (including phenoxy) is 1. The third kappa shape index (κ3) is 5.36. The number of H-pyrrole nitrogens is 1. The first-order valence-electron chi connectivity index (χ1n) is 8.12. The lowest BCUT2D eigenvalue weighted by atomic mass is 10.2. The number of carbonyl (C=O) groups is 2. The molecule has 0 spiro atoms. The quantitative estimate of drug-likeness (QED) is 0.488. The first-order valence-corrected chi connectivity index (χ1v) is 9.00. The minimum absolute atomic E-state index is 0.0583. The van der Waals surface area contributed by atoms with Crippen molar-refractivity contribution in [2.75, 3.05) is 20.2 Å². The number of aromatic nitrogens is 2. The van der Waals surface area contributed by atoms with Crippen molar-refractivity contribution in [2.24, 2.45) is 0 Å². The zero-order chi connectivity index (χ0) is 17.5. The third-order valence-electron chi connectivity index (χ3n) is 3.88. The van der Waals surface area contributed by atoms with E-state index in [1.54, 1.807) is 0 Å². The maximum atomic E-state index is 12.6.